The third-order valence-electron chi connectivity index (χ3n) is 2.41. The Morgan fingerprint density at radius 1 is 1.31 bits per heavy atom. The summed E-state index contributed by atoms with van der Waals surface area (Å²) in [5.41, 5.74) is 8.65. The third kappa shape index (κ3) is 2.67. The van der Waals surface area contributed by atoms with E-state index in [4.69, 9.17) is 5.73 Å². The minimum Gasteiger partial charge on any atom is -0.320 e. The van der Waals surface area contributed by atoms with E-state index in [2.05, 4.69) is 75.8 Å². The second-order valence-corrected chi connectivity index (χ2v) is 7.28. The number of thiophene rings is 1. The smallest absolute Gasteiger partial charge is 0.0731 e. The van der Waals surface area contributed by atoms with Crippen molar-refractivity contribution in [1.82, 2.24) is 0 Å². The molecule has 0 amide bonds. The predicted octanol–water partition coefficient (Wildman–Crippen LogP) is 4.47. The maximum absolute atomic E-state index is 6.24. The number of hydrogen-bond acceptors (Lipinski definition) is 2. The molecule has 0 fully saturated rings. The molecule has 2 N–H and O–H groups in total. The van der Waals surface area contributed by atoms with Crippen molar-refractivity contribution in [3.63, 3.8) is 0 Å². The molecule has 0 spiro atoms. The SMILES string of the molecule is Cc1cc(C(N)c2ccc(I)cc2)sc1Br. The van der Waals surface area contributed by atoms with Crippen LogP contribution >= 0.6 is 49.9 Å². The van der Waals surface area contributed by atoms with Crippen molar-refractivity contribution in [1.29, 1.82) is 0 Å². The Kier molecular flexibility index (Phi) is 4.05. The van der Waals surface area contributed by atoms with E-state index in [1.54, 1.807) is 11.3 Å². The Labute approximate surface area is 121 Å². The van der Waals surface area contributed by atoms with Crippen LogP contribution in [-0.4, -0.2) is 0 Å². The van der Waals surface area contributed by atoms with Gasteiger partial charge in [-0.15, -0.1) is 11.3 Å². The maximum Gasteiger partial charge on any atom is 0.0731 e. The predicted molar refractivity (Wildman–Crippen MR) is 81.9 cm³/mol. The average Bonchev–Trinajstić information content (AvgIpc) is 2.59. The molecule has 0 radical (unpaired) electrons. The van der Waals surface area contributed by atoms with Crippen LogP contribution in [0.2, 0.25) is 0 Å². The van der Waals surface area contributed by atoms with Crippen molar-refractivity contribution >= 4 is 49.9 Å². The number of halogens is 2. The van der Waals surface area contributed by atoms with Gasteiger partial charge in [-0.1, -0.05) is 12.1 Å². The van der Waals surface area contributed by atoms with Crippen LogP contribution in [0, 0.1) is 10.5 Å². The summed E-state index contributed by atoms with van der Waals surface area (Å²) in [4.78, 5) is 1.20. The zero-order valence-electron chi connectivity index (χ0n) is 8.71. The highest BCUT2D eigenvalue weighted by Crippen LogP contribution is 2.33. The number of aryl methyl sites for hydroxylation is 1. The van der Waals surface area contributed by atoms with E-state index in [0.29, 0.717) is 0 Å². The van der Waals surface area contributed by atoms with E-state index >= 15 is 0 Å². The molecule has 4 heteroatoms. The molecular formula is C12H11BrINS. The quantitative estimate of drug-likeness (QED) is 0.730. The van der Waals surface area contributed by atoms with Crippen LogP contribution in [0.15, 0.2) is 34.1 Å². The molecule has 2 rings (SSSR count). The first-order valence-electron chi connectivity index (χ1n) is 4.85. The number of nitrogens with two attached hydrogens (primary N) is 1. The summed E-state index contributed by atoms with van der Waals surface area (Å²) in [5.74, 6) is 0. The average molecular weight is 408 g/mol. The van der Waals surface area contributed by atoms with E-state index in [1.807, 2.05) is 0 Å². The van der Waals surface area contributed by atoms with Crippen molar-refractivity contribution in [2.45, 2.75) is 13.0 Å². The van der Waals surface area contributed by atoms with Crippen LogP contribution < -0.4 is 5.73 Å². The van der Waals surface area contributed by atoms with Gasteiger partial charge in [0.2, 0.25) is 0 Å². The lowest BCUT2D eigenvalue weighted by molar-refractivity contribution is 0.892. The van der Waals surface area contributed by atoms with Gasteiger partial charge in [0.1, 0.15) is 0 Å². The normalized spacial score (nSPS) is 12.8. The van der Waals surface area contributed by atoms with Gasteiger partial charge in [-0.2, -0.15) is 0 Å². The summed E-state index contributed by atoms with van der Waals surface area (Å²) in [6.45, 7) is 2.09. The molecule has 0 saturated heterocycles. The molecule has 0 aliphatic heterocycles. The second-order valence-electron chi connectivity index (χ2n) is 3.63. The summed E-state index contributed by atoms with van der Waals surface area (Å²) in [5, 5.41) is 0. The molecule has 1 unspecified atom stereocenters. The molecule has 16 heavy (non-hydrogen) atoms. The summed E-state index contributed by atoms with van der Waals surface area (Å²) in [6, 6.07) is 10.5. The fraction of sp³-hybridized carbons (Fsp3) is 0.167. The van der Waals surface area contributed by atoms with Gasteiger partial charge in [-0.3, -0.25) is 0 Å². The standard InChI is InChI=1S/C12H11BrINS/c1-7-6-10(16-12(7)13)11(15)8-2-4-9(14)5-3-8/h2-6,11H,15H2,1H3. The van der Waals surface area contributed by atoms with E-state index in [0.717, 1.165) is 5.56 Å². The zero-order valence-corrected chi connectivity index (χ0v) is 13.3. The molecule has 84 valence electrons. The Hall–Kier alpha value is 0.0900. The topological polar surface area (TPSA) is 26.0 Å². The molecule has 1 aromatic carbocycles. The second kappa shape index (κ2) is 5.16. The first-order valence-corrected chi connectivity index (χ1v) is 7.53. The lowest BCUT2D eigenvalue weighted by Gasteiger charge is -2.09. The molecule has 0 aliphatic rings. The summed E-state index contributed by atoms with van der Waals surface area (Å²) < 4.78 is 2.40. The number of benzene rings is 1. The Bertz CT molecular complexity index is 473. The summed E-state index contributed by atoms with van der Waals surface area (Å²) >= 11 is 7.54. The van der Waals surface area contributed by atoms with Crippen molar-refractivity contribution in [3.05, 3.63) is 53.7 Å². The van der Waals surface area contributed by atoms with Crippen LogP contribution in [-0.2, 0) is 0 Å². The zero-order chi connectivity index (χ0) is 11.7. The van der Waals surface area contributed by atoms with Gasteiger partial charge in [0.15, 0.2) is 0 Å². The van der Waals surface area contributed by atoms with Crippen molar-refractivity contribution in [2.75, 3.05) is 0 Å². The number of rotatable bonds is 2. The van der Waals surface area contributed by atoms with Crippen molar-refractivity contribution in [3.8, 4) is 0 Å². The van der Waals surface area contributed by atoms with Gasteiger partial charge < -0.3 is 5.73 Å². The fourth-order valence-corrected chi connectivity index (χ4v) is 3.43. The molecule has 1 heterocycles. The molecule has 0 bridgehead atoms. The van der Waals surface area contributed by atoms with E-state index in [1.165, 1.54) is 17.8 Å². The summed E-state index contributed by atoms with van der Waals surface area (Å²) in [6.07, 6.45) is 0. The van der Waals surface area contributed by atoms with Gasteiger partial charge in [0.05, 0.1) is 9.83 Å². The largest absolute Gasteiger partial charge is 0.320 e. The molecule has 1 aromatic heterocycles. The van der Waals surface area contributed by atoms with Crippen LogP contribution in [0.25, 0.3) is 0 Å². The van der Waals surface area contributed by atoms with Gasteiger partial charge in [-0.05, 0) is 74.8 Å². The highest BCUT2D eigenvalue weighted by molar-refractivity contribution is 14.1. The van der Waals surface area contributed by atoms with Gasteiger partial charge in [0.25, 0.3) is 0 Å². The minimum absolute atomic E-state index is 0.0213. The lowest BCUT2D eigenvalue weighted by atomic mass is 10.1. The first-order chi connectivity index (χ1) is 7.58. The van der Waals surface area contributed by atoms with E-state index in [-0.39, 0.29) is 6.04 Å². The van der Waals surface area contributed by atoms with E-state index in [9.17, 15) is 0 Å². The van der Waals surface area contributed by atoms with Crippen LogP contribution in [0.5, 0.6) is 0 Å². The lowest BCUT2D eigenvalue weighted by Crippen LogP contribution is -2.09. The van der Waals surface area contributed by atoms with Crippen molar-refractivity contribution < 1.29 is 0 Å². The van der Waals surface area contributed by atoms with Crippen LogP contribution in [0.3, 0.4) is 0 Å². The highest BCUT2D eigenvalue weighted by atomic mass is 127. The molecule has 1 nitrogen and oxygen atoms in total. The monoisotopic (exact) mass is 407 g/mol. The fourth-order valence-electron chi connectivity index (χ4n) is 1.47. The highest BCUT2D eigenvalue weighted by Gasteiger charge is 2.12. The Balaban J connectivity index is 2.31. The first kappa shape index (κ1) is 12.5. The van der Waals surface area contributed by atoms with E-state index < -0.39 is 0 Å². The Morgan fingerprint density at radius 3 is 2.44 bits per heavy atom. The summed E-state index contributed by atoms with van der Waals surface area (Å²) in [7, 11) is 0. The molecule has 2 aromatic rings. The third-order valence-corrected chi connectivity index (χ3v) is 5.35. The molecular weight excluding hydrogens is 397 g/mol. The van der Waals surface area contributed by atoms with Crippen molar-refractivity contribution in [2.24, 2.45) is 5.73 Å². The van der Waals surface area contributed by atoms with Gasteiger partial charge in [-0.25, -0.2) is 0 Å². The molecule has 1 atom stereocenters. The van der Waals surface area contributed by atoms with Crippen LogP contribution in [0.1, 0.15) is 22.0 Å². The number of hydrogen-bond donors (Lipinski definition) is 1. The molecule has 0 aliphatic carbocycles. The van der Waals surface area contributed by atoms with Gasteiger partial charge >= 0.3 is 0 Å². The van der Waals surface area contributed by atoms with Gasteiger partial charge in [0, 0.05) is 8.45 Å². The Morgan fingerprint density at radius 2 is 1.94 bits per heavy atom. The minimum atomic E-state index is -0.0213. The van der Waals surface area contributed by atoms with Crippen LogP contribution in [0.4, 0.5) is 0 Å². The molecule has 0 saturated carbocycles. The maximum atomic E-state index is 6.24.